The van der Waals surface area contributed by atoms with Crippen LogP contribution in [-0.4, -0.2) is 0 Å². The largest absolute Gasteiger partial charge is 0.207 e. The van der Waals surface area contributed by atoms with Gasteiger partial charge in [-0.3, -0.25) is 0 Å². The summed E-state index contributed by atoms with van der Waals surface area (Å²) in [7, 11) is 0. The third-order valence-corrected chi connectivity index (χ3v) is 4.63. The van der Waals surface area contributed by atoms with Gasteiger partial charge >= 0.3 is 0 Å². The van der Waals surface area contributed by atoms with Gasteiger partial charge in [0.2, 0.25) is 0 Å². The summed E-state index contributed by atoms with van der Waals surface area (Å²) in [4.78, 5) is -0.375. The summed E-state index contributed by atoms with van der Waals surface area (Å²) in [5.74, 6) is -0.677. The zero-order chi connectivity index (χ0) is 15.0. The normalized spacial score (nSPS) is 12.6. The van der Waals surface area contributed by atoms with Gasteiger partial charge in [0.1, 0.15) is 11.6 Å². The van der Waals surface area contributed by atoms with Crippen molar-refractivity contribution in [1.82, 2.24) is 0 Å². The molecule has 21 heavy (non-hydrogen) atoms. The molecule has 0 saturated carbocycles. The second-order valence-electron chi connectivity index (χ2n) is 4.71. The standard InChI is InChI=1S/C17H10BrClF2/c18-17(14-6-5-10(19)9-16(14)21)13-7-8-15(20)12-4-2-1-3-11(12)13/h1-9,17H. The van der Waals surface area contributed by atoms with Crippen LogP contribution in [0.4, 0.5) is 8.78 Å². The van der Waals surface area contributed by atoms with E-state index in [9.17, 15) is 8.78 Å². The molecule has 1 unspecified atom stereocenters. The molecular formula is C17H10BrClF2. The number of fused-ring (bicyclic) bond motifs is 1. The topological polar surface area (TPSA) is 0 Å². The Labute approximate surface area is 134 Å². The third-order valence-electron chi connectivity index (χ3n) is 3.41. The van der Waals surface area contributed by atoms with Crippen LogP contribution in [-0.2, 0) is 0 Å². The van der Waals surface area contributed by atoms with E-state index in [1.54, 1.807) is 30.3 Å². The first-order valence-electron chi connectivity index (χ1n) is 6.34. The van der Waals surface area contributed by atoms with Crippen LogP contribution in [0.25, 0.3) is 10.8 Å². The lowest BCUT2D eigenvalue weighted by molar-refractivity contribution is 0.613. The molecule has 0 aromatic heterocycles. The predicted octanol–water partition coefficient (Wildman–Crippen LogP) is 6.26. The van der Waals surface area contributed by atoms with Crippen LogP contribution in [0.2, 0.25) is 5.02 Å². The molecule has 3 aromatic rings. The molecule has 0 bridgehead atoms. The highest BCUT2D eigenvalue weighted by Gasteiger charge is 2.18. The minimum atomic E-state index is -0.391. The van der Waals surface area contributed by atoms with Crippen molar-refractivity contribution in [3.8, 4) is 0 Å². The first-order valence-corrected chi connectivity index (χ1v) is 7.63. The maximum absolute atomic E-state index is 14.1. The van der Waals surface area contributed by atoms with Gasteiger partial charge in [-0.2, -0.15) is 0 Å². The molecule has 106 valence electrons. The molecule has 1 atom stereocenters. The van der Waals surface area contributed by atoms with Gasteiger partial charge in [0.05, 0.1) is 4.83 Å². The lowest BCUT2D eigenvalue weighted by atomic mass is 9.98. The highest BCUT2D eigenvalue weighted by Crippen LogP contribution is 2.37. The summed E-state index contributed by atoms with van der Waals surface area (Å²) in [5.41, 5.74) is 1.28. The molecule has 0 radical (unpaired) electrons. The fourth-order valence-electron chi connectivity index (χ4n) is 2.38. The van der Waals surface area contributed by atoms with Crippen molar-refractivity contribution in [2.45, 2.75) is 4.83 Å². The van der Waals surface area contributed by atoms with Crippen molar-refractivity contribution < 1.29 is 8.78 Å². The van der Waals surface area contributed by atoms with Gasteiger partial charge in [-0.05, 0) is 29.1 Å². The summed E-state index contributed by atoms with van der Waals surface area (Å²) in [6, 6.07) is 14.8. The van der Waals surface area contributed by atoms with E-state index in [-0.39, 0.29) is 10.6 Å². The van der Waals surface area contributed by atoms with Gasteiger partial charge in [0.15, 0.2) is 0 Å². The van der Waals surface area contributed by atoms with Crippen molar-refractivity contribution in [1.29, 1.82) is 0 Å². The Balaban J connectivity index is 2.18. The smallest absolute Gasteiger partial charge is 0.131 e. The Kier molecular flexibility index (Phi) is 3.96. The molecule has 0 spiro atoms. The molecule has 0 aliphatic carbocycles. The van der Waals surface area contributed by atoms with E-state index in [4.69, 9.17) is 11.6 Å². The molecule has 0 heterocycles. The van der Waals surface area contributed by atoms with E-state index < -0.39 is 5.82 Å². The van der Waals surface area contributed by atoms with Gasteiger partial charge in [-0.25, -0.2) is 8.78 Å². The summed E-state index contributed by atoms with van der Waals surface area (Å²) >= 11 is 9.29. The van der Waals surface area contributed by atoms with Crippen molar-refractivity contribution in [2.24, 2.45) is 0 Å². The molecule has 0 aliphatic rings. The molecule has 4 heteroatoms. The van der Waals surface area contributed by atoms with E-state index >= 15 is 0 Å². The molecule has 0 N–H and O–H groups in total. The van der Waals surface area contributed by atoms with Gasteiger partial charge < -0.3 is 0 Å². The van der Waals surface area contributed by atoms with Crippen LogP contribution < -0.4 is 0 Å². The van der Waals surface area contributed by atoms with Crippen LogP contribution in [0, 0.1) is 11.6 Å². The van der Waals surface area contributed by atoms with E-state index in [0.29, 0.717) is 16.0 Å². The Bertz CT molecular complexity index is 817. The quantitative estimate of drug-likeness (QED) is 0.469. The summed E-state index contributed by atoms with van der Waals surface area (Å²) < 4.78 is 27.9. The van der Waals surface area contributed by atoms with Crippen molar-refractivity contribution in [3.63, 3.8) is 0 Å². The second kappa shape index (κ2) is 5.74. The SMILES string of the molecule is Fc1cc(Cl)ccc1C(Br)c1ccc(F)c2ccccc12. The molecule has 0 amide bonds. The highest BCUT2D eigenvalue weighted by molar-refractivity contribution is 9.09. The highest BCUT2D eigenvalue weighted by atomic mass is 79.9. The van der Waals surface area contributed by atoms with Crippen molar-refractivity contribution >= 4 is 38.3 Å². The average molecular weight is 368 g/mol. The Morgan fingerprint density at radius 2 is 1.48 bits per heavy atom. The first kappa shape index (κ1) is 14.5. The van der Waals surface area contributed by atoms with Crippen LogP contribution >= 0.6 is 27.5 Å². The first-order chi connectivity index (χ1) is 10.1. The Morgan fingerprint density at radius 1 is 0.810 bits per heavy atom. The van der Waals surface area contributed by atoms with Crippen LogP contribution in [0.3, 0.4) is 0 Å². The second-order valence-corrected chi connectivity index (χ2v) is 6.06. The van der Waals surface area contributed by atoms with Crippen LogP contribution in [0.15, 0.2) is 54.6 Å². The molecule has 0 saturated heterocycles. The van der Waals surface area contributed by atoms with E-state index in [1.165, 1.54) is 12.1 Å². The maximum atomic E-state index is 14.1. The Morgan fingerprint density at radius 3 is 2.19 bits per heavy atom. The lowest BCUT2D eigenvalue weighted by Gasteiger charge is -2.15. The summed E-state index contributed by atoms with van der Waals surface area (Å²) in [6.45, 7) is 0. The molecule has 3 rings (SSSR count). The van der Waals surface area contributed by atoms with Gasteiger partial charge in [0, 0.05) is 16.0 Å². The number of alkyl halides is 1. The minimum absolute atomic E-state index is 0.286. The minimum Gasteiger partial charge on any atom is -0.207 e. The van der Waals surface area contributed by atoms with E-state index in [1.807, 2.05) is 12.1 Å². The number of hydrogen-bond donors (Lipinski definition) is 0. The number of benzene rings is 3. The van der Waals surface area contributed by atoms with Gasteiger partial charge in [-0.1, -0.05) is 63.9 Å². The predicted molar refractivity (Wildman–Crippen MR) is 86.1 cm³/mol. The number of hydrogen-bond acceptors (Lipinski definition) is 0. The Hall–Kier alpha value is -1.45. The summed E-state index contributed by atoms with van der Waals surface area (Å²) in [5, 5.41) is 1.63. The van der Waals surface area contributed by atoms with Gasteiger partial charge in [0.25, 0.3) is 0 Å². The van der Waals surface area contributed by atoms with Crippen molar-refractivity contribution in [2.75, 3.05) is 0 Å². The number of halogens is 4. The molecule has 0 fully saturated rings. The van der Waals surface area contributed by atoms with Crippen molar-refractivity contribution in [3.05, 3.63) is 82.4 Å². The number of rotatable bonds is 2. The fraction of sp³-hybridized carbons (Fsp3) is 0.0588. The van der Waals surface area contributed by atoms with E-state index in [0.717, 1.165) is 10.9 Å². The maximum Gasteiger partial charge on any atom is 0.131 e. The monoisotopic (exact) mass is 366 g/mol. The molecule has 0 nitrogen and oxygen atoms in total. The zero-order valence-electron chi connectivity index (χ0n) is 10.8. The molecule has 3 aromatic carbocycles. The third kappa shape index (κ3) is 2.68. The summed E-state index contributed by atoms with van der Waals surface area (Å²) in [6.07, 6.45) is 0. The lowest BCUT2D eigenvalue weighted by Crippen LogP contribution is -1.98. The molecule has 0 aliphatic heterocycles. The van der Waals surface area contributed by atoms with E-state index in [2.05, 4.69) is 15.9 Å². The zero-order valence-corrected chi connectivity index (χ0v) is 13.1. The fourth-order valence-corrected chi connectivity index (χ4v) is 3.31. The molecular weight excluding hydrogens is 358 g/mol. The van der Waals surface area contributed by atoms with Gasteiger partial charge in [-0.15, -0.1) is 0 Å². The van der Waals surface area contributed by atoms with Crippen LogP contribution in [0.5, 0.6) is 0 Å². The van der Waals surface area contributed by atoms with Crippen LogP contribution in [0.1, 0.15) is 16.0 Å². The average Bonchev–Trinajstić information content (AvgIpc) is 2.47.